The lowest BCUT2D eigenvalue weighted by Crippen LogP contribution is -2.01. The van der Waals surface area contributed by atoms with Gasteiger partial charge in [-0.3, -0.25) is 4.40 Å². The van der Waals surface area contributed by atoms with E-state index in [1.807, 2.05) is 10.7 Å². The molecule has 2 heterocycles. The first-order valence-corrected chi connectivity index (χ1v) is 5.30. The molecular formula is C8H10N4OS. The number of hydrogen-bond acceptors (Lipinski definition) is 5. The molecule has 0 saturated heterocycles. The van der Waals surface area contributed by atoms with Crippen LogP contribution in [0, 0.1) is 0 Å². The number of thioether (sulfide) groups is 1. The normalized spacial score (nSPS) is 11.0. The third kappa shape index (κ3) is 1.46. The predicted octanol–water partition coefficient (Wildman–Crippen LogP) is 0.993. The summed E-state index contributed by atoms with van der Waals surface area (Å²) in [7, 11) is 1.65. The molecule has 14 heavy (non-hydrogen) atoms. The van der Waals surface area contributed by atoms with Gasteiger partial charge < -0.3 is 4.74 Å². The molecule has 5 nitrogen and oxygen atoms in total. The third-order valence-corrected chi connectivity index (χ3v) is 2.47. The number of aromatic nitrogens is 4. The van der Waals surface area contributed by atoms with Gasteiger partial charge >= 0.3 is 0 Å². The standard InChI is InChI=1S/C8H10N4OS/c1-13-5-7-9-3-6-4-10-11-8(14-2)12(6)7/h3-4H,5H2,1-2H3. The van der Waals surface area contributed by atoms with E-state index in [1.54, 1.807) is 19.5 Å². The summed E-state index contributed by atoms with van der Waals surface area (Å²) in [6, 6.07) is 0. The topological polar surface area (TPSA) is 52.3 Å². The molecule has 74 valence electrons. The molecule has 0 aliphatic rings. The number of rotatable bonds is 3. The highest BCUT2D eigenvalue weighted by atomic mass is 32.2. The summed E-state index contributed by atoms with van der Waals surface area (Å²) in [6.45, 7) is 0.480. The number of ether oxygens (including phenoxy) is 1. The van der Waals surface area contributed by atoms with Gasteiger partial charge in [-0.25, -0.2) is 4.98 Å². The van der Waals surface area contributed by atoms with E-state index < -0.39 is 0 Å². The van der Waals surface area contributed by atoms with Crippen molar-refractivity contribution in [3.05, 3.63) is 18.2 Å². The van der Waals surface area contributed by atoms with Gasteiger partial charge in [-0.05, 0) is 6.26 Å². The van der Waals surface area contributed by atoms with Gasteiger partial charge in [-0.15, -0.1) is 5.10 Å². The minimum absolute atomic E-state index is 0.480. The van der Waals surface area contributed by atoms with Crippen molar-refractivity contribution in [1.82, 2.24) is 19.6 Å². The summed E-state index contributed by atoms with van der Waals surface area (Å²) in [5.74, 6) is 0.849. The Bertz CT molecular complexity index is 442. The summed E-state index contributed by atoms with van der Waals surface area (Å²) in [6.07, 6.45) is 5.41. The van der Waals surface area contributed by atoms with Crippen LogP contribution in [-0.4, -0.2) is 32.9 Å². The fourth-order valence-corrected chi connectivity index (χ4v) is 1.78. The zero-order valence-corrected chi connectivity index (χ0v) is 8.78. The molecule has 0 aliphatic heterocycles. The summed E-state index contributed by atoms with van der Waals surface area (Å²) in [5.41, 5.74) is 0.941. The second-order valence-electron chi connectivity index (χ2n) is 2.70. The quantitative estimate of drug-likeness (QED) is 0.707. The van der Waals surface area contributed by atoms with Gasteiger partial charge in [0.05, 0.1) is 17.9 Å². The Balaban J connectivity index is 2.62. The Hall–Kier alpha value is -1.14. The fourth-order valence-electron chi connectivity index (χ4n) is 1.26. The fraction of sp³-hybridized carbons (Fsp3) is 0.375. The van der Waals surface area contributed by atoms with E-state index >= 15 is 0 Å². The third-order valence-electron chi connectivity index (χ3n) is 1.84. The van der Waals surface area contributed by atoms with Crippen LogP contribution < -0.4 is 0 Å². The molecule has 0 amide bonds. The van der Waals surface area contributed by atoms with Gasteiger partial charge in [0.1, 0.15) is 12.4 Å². The molecule has 0 bridgehead atoms. The molecule has 2 aromatic rings. The molecule has 2 aromatic heterocycles. The molecule has 0 atom stereocenters. The van der Waals surface area contributed by atoms with Crippen molar-refractivity contribution in [3.63, 3.8) is 0 Å². The van der Waals surface area contributed by atoms with E-state index in [9.17, 15) is 0 Å². The van der Waals surface area contributed by atoms with Crippen molar-refractivity contribution in [2.45, 2.75) is 11.8 Å². The van der Waals surface area contributed by atoms with Crippen LogP contribution in [0.3, 0.4) is 0 Å². The van der Waals surface area contributed by atoms with Gasteiger partial charge in [0.25, 0.3) is 0 Å². The molecule has 0 saturated carbocycles. The van der Waals surface area contributed by atoms with E-state index in [-0.39, 0.29) is 0 Å². The van der Waals surface area contributed by atoms with Gasteiger partial charge in [0, 0.05) is 7.11 Å². The lowest BCUT2D eigenvalue weighted by Gasteiger charge is -2.02. The largest absolute Gasteiger partial charge is 0.377 e. The first kappa shape index (κ1) is 9.42. The Morgan fingerprint density at radius 1 is 1.50 bits per heavy atom. The van der Waals surface area contributed by atoms with Crippen LogP contribution in [0.15, 0.2) is 17.6 Å². The second-order valence-corrected chi connectivity index (χ2v) is 3.47. The van der Waals surface area contributed by atoms with E-state index in [1.165, 1.54) is 11.8 Å². The highest BCUT2D eigenvalue weighted by Gasteiger charge is 2.07. The van der Waals surface area contributed by atoms with Crippen LogP contribution in [0.1, 0.15) is 5.82 Å². The van der Waals surface area contributed by atoms with Gasteiger partial charge in [0.15, 0.2) is 5.16 Å². The number of methoxy groups -OCH3 is 1. The summed E-state index contributed by atoms with van der Waals surface area (Å²) < 4.78 is 7.00. The van der Waals surface area contributed by atoms with E-state index in [0.29, 0.717) is 6.61 Å². The van der Waals surface area contributed by atoms with Crippen LogP contribution >= 0.6 is 11.8 Å². The maximum atomic E-state index is 5.05. The van der Waals surface area contributed by atoms with E-state index in [2.05, 4.69) is 15.2 Å². The van der Waals surface area contributed by atoms with Crippen molar-refractivity contribution in [2.24, 2.45) is 0 Å². The number of hydrogen-bond donors (Lipinski definition) is 0. The average molecular weight is 210 g/mol. The van der Waals surface area contributed by atoms with Gasteiger partial charge in [0.2, 0.25) is 0 Å². The maximum Gasteiger partial charge on any atom is 0.195 e. The number of nitrogens with zero attached hydrogens (tertiary/aromatic N) is 4. The second kappa shape index (κ2) is 3.93. The molecule has 0 fully saturated rings. The Morgan fingerprint density at radius 3 is 3.07 bits per heavy atom. The van der Waals surface area contributed by atoms with Gasteiger partial charge in [-0.2, -0.15) is 5.10 Å². The summed E-state index contributed by atoms with van der Waals surface area (Å²) >= 11 is 1.54. The highest BCUT2D eigenvalue weighted by Crippen LogP contribution is 2.15. The van der Waals surface area contributed by atoms with Crippen molar-refractivity contribution in [2.75, 3.05) is 13.4 Å². The monoisotopic (exact) mass is 210 g/mol. The zero-order chi connectivity index (χ0) is 9.97. The van der Waals surface area contributed by atoms with Crippen molar-refractivity contribution >= 4 is 17.3 Å². The minimum Gasteiger partial charge on any atom is -0.377 e. The summed E-state index contributed by atoms with van der Waals surface area (Å²) in [5, 5.41) is 8.73. The maximum absolute atomic E-state index is 5.05. The minimum atomic E-state index is 0.480. The molecule has 0 unspecified atom stereocenters. The van der Waals surface area contributed by atoms with Crippen molar-refractivity contribution < 1.29 is 4.74 Å². The predicted molar refractivity (Wildman–Crippen MR) is 53.3 cm³/mol. The van der Waals surface area contributed by atoms with Crippen LogP contribution in [0.25, 0.3) is 5.52 Å². The van der Waals surface area contributed by atoms with Gasteiger partial charge in [-0.1, -0.05) is 11.8 Å². The Labute approximate surface area is 85.5 Å². The van der Waals surface area contributed by atoms with Crippen LogP contribution in [0.4, 0.5) is 0 Å². The zero-order valence-electron chi connectivity index (χ0n) is 7.97. The van der Waals surface area contributed by atoms with E-state index in [0.717, 1.165) is 16.5 Å². The van der Waals surface area contributed by atoms with Crippen LogP contribution in [0.5, 0.6) is 0 Å². The molecule has 0 radical (unpaired) electrons. The smallest absolute Gasteiger partial charge is 0.195 e. The Kier molecular flexibility index (Phi) is 2.64. The first-order chi connectivity index (χ1) is 6.86. The lowest BCUT2D eigenvalue weighted by atomic mass is 10.6. The first-order valence-electron chi connectivity index (χ1n) is 4.07. The highest BCUT2D eigenvalue weighted by molar-refractivity contribution is 7.98. The molecule has 0 aromatic carbocycles. The average Bonchev–Trinajstić information content (AvgIpc) is 2.62. The lowest BCUT2D eigenvalue weighted by molar-refractivity contribution is 0.176. The Morgan fingerprint density at radius 2 is 2.36 bits per heavy atom. The van der Waals surface area contributed by atoms with Crippen LogP contribution in [0.2, 0.25) is 0 Å². The summed E-state index contributed by atoms with van der Waals surface area (Å²) in [4.78, 5) is 4.24. The SMILES string of the molecule is COCc1ncc2cnnc(SC)n12. The molecule has 2 rings (SSSR count). The van der Waals surface area contributed by atoms with Crippen molar-refractivity contribution in [1.29, 1.82) is 0 Å². The van der Waals surface area contributed by atoms with E-state index in [4.69, 9.17) is 4.74 Å². The molecule has 0 N–H and O–H groups in total. The van der Waals surface area contributed by atoms with Crippen LogP contribution in [-0.2, 0) is 11.3 Å². The number of fused-ring (bicyclic) bond motifs is 1. The molecule has 0 spiro atoms. The van der Waals surface area contributed by atoms with Crippen molar-refractivity contribution in [3.8, 4) is 0 Å². The molecule has 6 heteroatoms. The molecular weight excluding hydrogens is 200 g/mol. The number of imidazole rings is 1. The molecule has 0 aliphatic carbocycles.